The SMILES string of the molecule is CCN(CC)c1ccc(/C=N/NC(=O)Cc2cc(OC)ccc2Cl)cc1. The van der Waals surface area contributed by atoms with Crippen LogP contribution in [0.15, 0.2) is 47.6 Å². The van der Waals surface area contributed by atoms with Gasteiger partial charge in [-0.2, -0.15) is 5.10 Å². The monoisotopic (exact) mass is 373 g/mol. The molecule has 0 aliphatic heterocycles. The van der Waals surface area contributed by atoms with Gasteiger partial charge in [0.05, 0.1) is 19.7 Å². The van der Waals surface area contributed by atoms with Crippen LogP contribution in [0.25, 0.3) is 0 Å². The maximum atomic E-state index is 12.0. The van der Waals surface area contributed by atoms with Crippen molar-refractivity contribution in [3.8, 4) is 5.75 Å². The Balaban J connectivity index is 1.92. The maximum Gasteiger partial charge on any atom is 0.244 e. The van der Waals surface area contributed by atoms with Crippen molar-refractivity contribution in [3.05, 3.63) is 58.6 Å². The molecule has 26 heavy (non-hydrogen) atoms. The summed E-state index contributed by atoms with van der Waals surface area (Å²) >= 11 is 6.11. The average molecular weight is 374 g/mol. The number of hydrazone groups is 1. The first-order valence-corrected chi connectivity index (χ1v) is 8.94. The summed E-state index contributed by atoms with van der Waals surface area (Å²) in [6.45, 7) is 6.19. The van der Waals surface area contributed by atoms with E-state index >= 15 is 0 Å². The Morgan fingerprint density at radius 3 is 2.50 bits per heavy atom. The summed E-state index contributed by atoms with van der Waals surface area (Å²) in [4.78, 5) is 14.3. The standard InChI is InChI=1S/C20H24ClN3O2/c1-4-24(5-2)17-8-6-15(7-9-17)14-22-23-20(25)13-16-12-18(26-3)10-11-19(16)21/h6-12,14H,4-5,13H2,1-3H3,(H,23,25)/b22-14+. The number of carbonyl (C=O) groups is 1. The van der Waals surface area contributed by atoms with Gasteiger partial charge in [-0.25, -0.2) is 5.43 Å². The fourth-order valence-corrected chi connectivity index (χ4v) is 2.75. The van der Waals surface area contributed by atoms with Gasteiger partial charge in [0, 0.05) is 23.8 Å². The van der Waals surface area contributed by atoms with Gasteiger partial charge >= 0.3 is 0 Å². The van der Waals surface area contributed by atoms with Crippen LogP contribution in [-0.4, -0.2) is 32.3 Å². The number of hydrogen-bond acceptors (Lipinski definition) is 4. The second-order valence-corrected chi connectivity index (χ2v) is 6.10. The molecule has 2 rings (SSSR count). The molecule has 5 nitrogen and oxygen atoms in total. The molecule has 2 aromatic rings. The number of methoxy groups -OCH3 is 1. The van der Waals surface area contributed by atoms with Gasteiger partial charge in [-0.3, -0.25) is 4.79 Å². The van der Waals surface area contributed by atoms with Gasteiger partial charge in [0.1, 0.15) is 5.75 Å². The smallest absolute Gasteiger partial charge is 0.244 e. The number of carbonyl (C=O) groups excluding carboxylic acids is 1. The highest BCUT2D eigenvalue weighted by Crippen LogP contribution is 2.22. The number of nitrogens with zero attached hydrogens (tertiary/aromatic N) is 2. The first-order chi connectivity index (χ1) is 12.6. The molecule has 1 amide bonds. The molecule has 0 saturated heterocycles. The molecule has 138 valence electrons. The van der Waals surface area contributed by atoms with Gasteiger partial charge in [0.2, 0.25) is 5.91 Å². The Kier molecular flexibility index (Phi) is 7.48. The zero-order valence-electron chi connectivity index (χ0n) is 15.3. The molecule has 0 unspecified atom stereocenters. The van der Waals surface area contributed by atoms with E-state index in [4.69, 9.17) is 16.3 Å². The molecule has 0 atom stereocenters. The van der Waals surface area contributed by atoms with E-state index in [1.165, 1.54) is 5.69 Å². The molecule has 6 heteroatoms. The van der Waals surface area contributed by atoms with Crippen LogP contribution in [0.5, 0.6) is 5.75 Å². The topological polar surface area (TPSA) is 53.9 Å². The first kappa shape index (κ1) is 19.8. The van der Waals surface area contributed by atoms with Crippen LogP contribution < -0.4 is 15.1 Å². The normalized spacial score (nSPS) is 10.8. The number of amides is 1. The number of ether oxygens (including phenoxy) is 1. The van der Waals surface area contributed by atoms with E-state index in [1.807, 2.05) is 24.3 Å². The number of rotatable bonds is 8. The highest BCUT2D eigenvalue weighted by molar-refractivity contribution is 6.31. The summed E-state index contributed by atoms with van der Waals surface area (Å²) in [6.07, 6.45) is 1.76. The third kappa shape index (κ3) is 5.49. The van der Waals surface area contributed by atoms with Gasteiger partial charge < -0.3 is 9.64 Å². The fraction of sp³-hybridized carbons (Fsp3) is 0.300. The summed E-state index contributed by atoms with van der Waals surface area (Å²) in [5, 5.41) is 4.54. The number of hydrogen-bond donors (Lipinski definition) is 1. The van der Waals surface area contributed by atoms with Crippen LogP contribution in [0, 0.1) is 0 Å². The molecule has 0 aliphatic rings. The molecule has 1 N–H and O–H groups in total. The minimum absolute atomic E-state index is 0.133. The van der Waals surface area contributed by atoms with Crippen molar-refractivity contribution in [1.82, 2.24) is 5.43 Å². The van der Waals surface area contributed by atoms with Crippen molar-refractivity contribution in [2.75, 3.05) is 25.1 Å². The molecular weight excluding hydrogens is 350 g/mol. The van der Waals surface area contributed by atoms with E-state index in [0.29, 0.717) is 16.3 Å². The zero-order chi connectivity index (χ0) is 18.9. The molecule has 0 bridgehead atoms. The number of halogens is 1. The number of anilines is 1. The van der Waals surface area contributed by atoms with E-state index in [0.717, 1.165) is 18.7 Å². The average Bonchev–Trinajstić information content (AvgIpc) is 2.66. The molecular formula is C20H24ClN3O2. The molecule has 0 aliphatic carbocycles. The fourth-order valence-electron chi connectivity index (χ4n) is 2.56. The Morgan fingerprint density at radius 2 is 1.88 bits per heavy atom. The van der Waals surface area contributed by atoms with Crippen molar-refractivity contribution in [2.24, 2.45) is 5.10 Å². The minimum atomic E-state index is -0.240. The molecule has 0 fully saturated rings. The van der Waals surface area contributed by atoms with Gasteiger partial charge in [0.15, 0.2) is 0 Å². The van der Waals surface area contributed by atoms with Gasteiger partial charge in [-0.15, -0.1) is 0 Å². The van der Waals surface area contributed by atoms with Gasteiger partial charge in [-0.1, -0.05) is 23.7 Å². The number of nitrogens with one attached hydrogen (secondary N) is 1. The van der Waals surface area contributed by atoms with Crippen LogP contribution in [-0.2, 0) is 11.2 Å². The van der Waals surface area contributed by atoms with E-state index in [9.17, 15) is 4.79 Å². The second-order valence-electron chi connectivity index (χ2n) is 5.69. The summed E-state index contributed by atoms with van der Waals surface area (Å²) in [7, 11) is 1.57. The molecule has 0 saturated carbocycles. The highest BCUT2D eigenvalue weighted by Gasteiger charge is 2.08. The van der Waals surface area contributed by atoms with E-state index in [2.05, 4.69) is 29.3 Å². The second kappa shape index (κ2) is 9.82. The van der Waals surface area contributed by atoms with Crippen LogP contribution in [0.2, 0.25) is 5.02 Å². The maximum absolute atomic E-state index is 12.0. The lowest BCUT2D eigenvalue weighted by atomic mass is 10.1. The van der Waals surface area contributed by atoms with Crippen LogP contribution in [0.3, 0.4) is 0 Å². The quantitative estimate of drug-likeness (QED) is 0.564. The van der Waals surface area contributed by atoms with Crippen molar-refractivity contribution < 1.29 is 9.53 Å². The van der Waals surface area contributed by atoms with Crippen LogP contribution in [0.1, 0.15) is 25.0 Å². The third-order valence-corrected chi connectivity index (χ3v) is 4.40. The molecule has 2 aromatic carbocycles. The van der Waals surface area contributed by atoms with E-state index in [1.54, 1.807) is 31.5 Å². The van der Waals surface area contributed by atoms with E-state index < -0.39 is 0 Å². The molecule has 0 radical (unpaired) electrons. The van der Waals surface area contributed by atoms with Crippen molar-refractivity contribution >= 4 is 29.4 Å². The minimum Gasteiger partial charge on any atom is -0.497 e. The lowest BCUT2D eigenvalue weighted by Crippen LogP contribution is -2.21. The molecule has 0 heterocycles. The van der Waals surface area contributed by atoms with E-state index in [-0.39, 0.29) is 12.3 Å². The van der Waals surface area contributed by atoms with Gasteiger partial charge in [0.25, 0.3) is 0 Å². The summed E-state index contributed by atoms with van der Waals surface area (Å²) in [6, 6.07) is 13.3. The molecule has 0 spiro atoms. The van der Waals surface area contributed by atoms with Gasteiger partial charge in [-0.05, 0) is 55.3 Å². The molecule has 0 aromatic heterocycles. The van der Waals surface area contributed by atoms with Crippen LogP contribution >= 0.6 is 11.6 Å². The predicted molar refractivity (Wildman–Crippen MR) is 107 cm³/mol. The van der Waals surface area contributed by atoms with Crippen molar-refractivity contribution in [1.29, 1.82) is 0 Å². The highest BCUT2D eigenvalue weighted by atomic mass is 35.5. The summed E-state index contributed by atoms with van der Waals surface area (Å²) in [5.74, 6) is 0.421. The predicted octanol–water partition coefficient (Wildman–Crippen LogP) is 3.89. The van der Waals surface area contributed by atoms with Crippen molar-refractivity contribution in [3.63, 3.8) is 0 Å². The lowest BCUT2D eigenvalue weighted by molar-refractivity contribution is -0.120. The number of benzene rings is 2. The Labute approximate surface area is 159 Å². The third-order valence-electron chi connectivity index (χ3n) is 4.03. The lowest BCUT2D eigenvalue weighted by Gasteiger charge is -2.20. The van der Waals surface area contributed by atoms with Crippen molar-refractivity contribution in [2.45, 2.75) is 20.3 Å². The van der Waals surface area contributed by atoms with Crippen LogP contribution in [0.4, 0.5) is 5.69 Å². The Hall–Kier alpha value is -2.53. The summed E-state index contributed by atoms with van der Waals surface area (Å²) in [5.41, 5.74) is 5.31. The summed E-state index contributed by atoms with van der Waals surface area (Å²) < 4.78 is 5.15. The largest absolute Gasteiger partial charge is 0.497 e. The first-order valence-electron chi connectivity index (χ1n) is 8.56. The zero-order valence-corrected chi connectivity index (χ0v) is 16.1. The Morgan fingerprint density at radius 1 is 1.19 bits per heavy atom. The Bertz CT molecular complexity index is 756.